The van der Waals surface area contributed by atoms with Crippen LogP contribution < -0.4 is 5.32 Å². The number of tetrazole rings is 1. The van der Waals surface area contributed by atoms with Gasteiger partial charge in [-0.15, -0.1) is 10.2 Å². The summed E-state index contributed by atoms with van der Waals surface area (Å²) in [7, 11) is 0. The zero-order valence-electron chi connectivity index (χ0n) is 21.4. The number of rotatable bonds is 9. The van der Waals surface area contributed by atoms with Crippen LogP contribution in [0.25, 0.3) is 11.4 Å². The number of hydrogen-bond acceptors (Lipinski definition) is 6. The zero-order valence-corrected chi connectivity index (χ0v) is 21.4. The van der Waals surface area contributed by atoms with Crippen molar-refractivity contribution in [2.45, 2.75) is 57.8 Å². The Morgan fingerprint density at radius 1 is 1.00 bits per heavy atom. The van der Waals surface area contributed by atoms with Crippen LogP contribution in [0.1, 0.15) is 48.4 Å². The lowest BCUT2D eigenvalue weighted by atomic mass is 10.0. The Morgan fingerprint density at radius 2 is 1.71 bits per heavy atom. The summed E-state index contributed by atoms with van der Waals surface area (Å²) in [5, 5.41) is 15.9. The summed E-state index contributed by atoms with van der Waals surface area (Å²) in [5.41, 5.74) is 3.57. The molecular weight excluding hydrogens is 478 g/mol. The third kappa shape index (κ3) is 6.11. The van der Waals surface area contributed by atoms with Gasteiger partial charge in [0.05, 0.1) is 0 Å². The van der Waals surface area contributed by atoms with Crippen molar-refractivity contribution in [1.82, 2.24) is 35.4 Å². The predicted molar refractivity (Wildman–Crippen MR) is 142 cm³/mol. The largest absolute Gasteiger partial charge is 0.351 e. The molecule has 0 aliphatic heterocycles. The first-order valence-electron chi connectivity index (χ1n) is 13.0. The first-order chi connectivity index (χ1) is 18.6. The smallest absolute Gasteiger partial charge is 0.247 e. The van der Waals surface area contributed by atoms with Crippen LogP contribution in [0.15, 0.2) is 79.1 Å². The summed E-state index contributed by atoms with van der Waals surface area (Å²) < 4.78 is 0. The van der Waals surface area contributed by atoms with Crippen LogP contribution in [0.5, 0.6) is 0 Å². The SMILES string of the molecule is Cc1ccc(-c2nnn(CC(=O)N(Cc3ccccc3)C(C(=O)NC3CCCC3)c3ccncc3)n2)cc1. The lowest BCUT2D eigenvalue weighted by Gasteiger charge is -2.32. The highest BCUT2D eigenvalue weighted by Gasteiger charge is 2.33. The molecule has 2 aromatic carbocycles. The van der Waals surface area contributed by atoms with Crippen LogP contribution in [0.3, 0.4) is 0 Å². The molecule has 2 heterocycles. The van der Waals surface area contributed by atoms with Gasteiger partial charge in [0.2, 0.25) is 17.6 Å². The molecule has 1 saturated carbocycles. The van der Waals surface area contributed by atoms with Gasteiger partial charge in [0.15, 0.2) is 0 Å². The molecule has 0 bridgehead atoms. The molecule has 9 nitrogen and oxygen atoms in total. The predicted octanol–water partition coefficient (Wildman–Crippen LogP) is 3.87. The maximum atomic E-state index is 13.9. The van der Waals surface area contributed by atoms with E-state index in [1.807, 2.05) is 61.5 Å². The Labute approximate surface area is 221 Å². The lowest BCUT2D eigenvalue weighted by Crippen LogP contribution is -2.46. The van der Waals surface area contributed by atoms with Crippen molar-refractivity contribution in [2.75, 3.05) is 0 Å². The lowest BCUT2D eigenvalue weighted by molar-refractivity contribution is -0.142. The molecule has 4 aromatic rings. The van der Waals surface area contributed by atoms with E-state index in [2.05, 4.69) is 25.7 Å². The normalized spacial score (nSPS) is 14.2. The quantitative estimate of drug-likeness (QED) is 0.367. The molecule has 0 radical (unpaired) electrons. The van der Waals surface area contributed by atoms with Gasteiger partial charge in [-0.25, -0.2) is 0 Å². The minimum Gasteiger partial charge on any atom is -0.351 e. The van der Waals surface area contributed by atoms with Gasteiger partial charge in [0, 0.05) is 30.5 Å². The molecule has 1 fully saturated rings. The fourth-order valence-electron chi connectivity index (χ4n) is 4.81. The van der Waals surface area contributed by atoms with E-state index >= 15 is 0 Å². The number of nitrogens with zero attached hydrogens (tertiary/aromatic N) is 6. The van der Waals surface area contributed by atoms with Crippen molar-refractivity contribution in [3.63, 3.8) is 0 Å². The number of nitrogens with one attached hydrogen (secondary N) is 1. The average molecular weight is 510 g/mol. The average Bonchev–Trinajstić information content (AvgIpc) is 3.62. The molecule has 0 spiro atoms. The van der Waals surface area contributed by atoms with E-state index in [1.54, 1.807) is 29.4 Å². The van der Waals surface area contributed by atoms with Crippen molar-refractivity contribution < 1.29 is 9.59 Å². The third-order valence-electron chi connectivity index (χ3n) is 6.84. The van der Waals surface area contributed by atoms with Gasteiger partial charge < -0.3 is 10.2 Å². The van der Waals surface area contributed by atoms with Crippen LogP contribution in [0.2, 0.25) is 0 Å². The van der Waals surface area contributed by atoms with Gasteiger partial charge in [-0.3, -0.25) is 14.6 Å². The first-order valence-corrected chi connectivity index (χ1v) is 13.0. The van der Waals surface area contributed by atoms with Crippen LogP contribution in [-0.4, -0.2) is 47.9 Å². The van der Waals surface area contributed by atoms with Crippen molar-refractivity contribution in [2.24, 2.45) is 0 Å². The van der Waals surface area contributed by atoms with Crippen LogP contribution in [-0.2, 0) is 22.7 Å². The fourth-order valence-corrected chi connectivity index (χ4v) is 4.81. The molecule has 0 saturated heterocycles. The van der Waals surface area contributed by atoms with Gasteiger partial charge in [-0.2, -0.15) is 4.80 Å². The van der Waals surface area contributed by atoms with E-state index in [9.17, 15) is 9.59 Å². The summed E-state index contributed by atoms with van der Waals surface area (Å²) in [6, 6.07) is 20.3. The Bertz CT molecular complexity index is 1350. The van der Waals surface area contributed by atoms with Crippen molar-refractivity contribution in [3.05, 3.63) is 95.8 Å². The molecule has 1 aliphatic carbocycles. The highest BCUT2D eigenvalue weighted by molar-refractivity contribution is 5.88. The zero-order chi connectivity index (χ0) is 26.3. The van der Waals surface area contributed by atoms with Crippen molar-refractivity contribution in [3.8, 4) is 11.4 Å². The summed E-state index contributed by atoms with van der Waals surface area (Å²) in [6.45, 7) is 2.12. The minimum absolute atomic E-state index is 0.120. The second-order valence-corrected chi connectivity index (χ2v) is 9.69. The van der Waals surface area contributed by atoms with Crippen LogP contribution in [0, 0.1) is 6.92 Å². The summed E-state index contributed by atoms with van der Waals surface area (Å²) in [6.07, 6.45) is 7.38. The van der Waals surface area contributed by atoms with E-state index in [-0.39, 0.29) is 30.9 Å². The van der Waals surface area contributed by atoms with E-state index < -0.39 is 6.04 Å². The maximum absolute atomic E-state index is 13.9. The second-order valence-electron chi connectivity index (χ2n) is 9.69. The molecule has 2 amide bonds. The molecule has 194 valence electrons. The number of pyridine rings is 1. The monoisotopic (exact) mass is 509 g/mol. The topological polar surface area (TPSA) is 106 Å². The van der Waals surface area contributed by atoms with Gasteiger partial charge in [-0.1, -0.05) is 73.0 Å². The van der Waals surface area contributed by atoms with E-state index in [1.165, 1.54) is 4.80 Å². The van der Waals surface area contributed by atoms with Crippen LogP contribution in [0.4, 0.5) is 0 Å². The minimum atomic E-state index is -0.827. The van der Waals surface area contributed by atoms with E-state index in [0.29, 0.717) is 11.4 Å². The number of amides is 2. The Morgan fingerprint density at radius 3 is 2.42 bits per heavy atom. The first kappa shape index (κ1) is 25.3. The molecule has 5 rings (SSSR count). The molecule has 2 aromatic heterocycles. The number of carbonyl (C=O) groups is 2. The Kier molecular flexibility index (Phi) is 7.82. The van der Waals surface area contributed by atoms with Crippen LogP contribution >= 0.6 is 0 Å². The Hall–Kier alpha value is -4.40. The number of carbonyl (C=O) groups excluding carboxylic acids is 2. The van der Waals surface area contributed by atoms with E-state index in [0.717, 1.165) is 42.4 Å². The Balaban J connectivity index is 1.44. The molecule has 1 atom stereocenters. The summed E-state index contributed by atoms with van der Waals surface area (Å²) in [5.74, 6) is -0.0403. The molecule has 1 unspecified atom stereocenters. The highest BCUT2D eigenvalue weighted by atomic mass is 16.2. The van der Waals surface area contributed by atoms with Gasteiger partial charge in [0.25, 0.3) is 0 Å². The molecule has 1 aliphatic rings. The van der Waals surface area contributed by atoms with Crippen molar-refractivity contribution >= 4 is 11.8 Å². The van der Waals surface area contributed by atoms with E-state index in [4.69, 9.17) is 0 Å². The number of aromatic nitrogens is 5. The maximum Gasteiger partial charge on any atom is 0.247 e. The number of aryl methyl sites for hydroxylation is 1. The molecule has 9 heteroatoms. The third-order valence-corrected chi connectivity index (χ3v) is 6.84. The summed E-state index contributed by atoms with van der Waals surface area (Å²) in [4.78, 5) is 34.6. The van der Waals surface area contributed by atoms with Crippen molar-refractivity contribution in [1.29, 1.82) is 0 Å². The molecule has 38 heavy (non-hydrogen) atoms. The molecular formula is C29H31N7O2. The standard InChI is InChI=1S/C29H31N7O2/c1-21-11-13-24(14-12-21)28-32-34-36(33-28)20-26(37)35(19-22-7-3-2-4-8-22)27(23-15-17-30-18-16-23)29(38)31-25-9-5-6-10-25/h2-4,7-8,11-18,25,27H,5-6,9-10,19-20H2,1H3,(H,31,38). The number of hydrogen-bond donors (Lipinski definition) is 1. The molecule has 1 N–H and O–H groups in total. The van der Waals surface area contributed by atoms with Gasteiger partial charge in [0.1, 0.15) is 12.6 Å². The second kappa shape index (κ2) is 11.8. The fraction of sp³-hybridized carbons (Fsp3) is 0.310. The summed E-state index contributed by atoms with van der Waals surface area (Å²) >= 11 is 0. The van der Waals surface area contributed by atoms with Gasteiger partial charge >= 0.3 is 0 Å². The highest BCUT2D eigenvalue weighted by Crippen LogP contribution is 2.26. The number of benzene rings is 2. The van der Waals surface area contributed by atoms with Gasteiger partial charge in [-0.05, 0) is 48.2 Å².